The molecule has 1 aromatic rings. The lowest BCUT2D eigenvalue weighted by Gasteiger charge is -1.97. The largest absolute Gasteiger partial charge is 0.489 e. The van der Waals surface area contributed by atoms with E-state index in [1.165, 1.54) is 4.88 Å². The lowest BCUT2D eigenvalue weighted by atomic mass is 9.82. The normalized spacial score (nSPS) is 10.6. The van der Waals surface area contributed by atoms with E-state index in [0.29, 0.717) is 11.4 Å². The van der Waals surface area contributed by atoms with E-state index in [-0.39, 0.29) is 0 Å². The molecule has 0 saturated carbocycles. The van der Waals surface area contributed by atoms with Crippen molar-refractivity contribution in [1.82, 2.24) is 0 Å². The molecule has 4 heteroatoms. The second-order valence-electron chi connectivity index (χ2n) is 2.81. The van der Waals surface area contributed by atoms with Gasteiger partial charge in [0.1, 0.15) is 0 Å². The Kier molecular flexibility index (Phi) is 2.70. The van der Waals surface area contributed by atoms with Crippen molar-refractivity contribution in [2.75, 3.05) is 0 Å². The molecule has 1 rings (SSSR count). The van der Waals surface area contributed by atoms with Crippen LogP contribution in [0.4, 0.5) is 0 Å². The van der Waals surface area contributed by atoms with E-state index in [1.54, 1.807) is 16.7 Å². The second kappa shape index (κ2) is 3.39. The molecule has 0 fully saturated rings. The lowest BCUT2D eigenvalue weighted by molar-refractivity contribution is 0.426. The van der Waals surface area contributed by atoms with Crippen LogP contribution in [0.3, 0.4) is 0 Å². The van der Waals surface area contributed by atoms with E-state index >= 15 is 0 Å². The third kappa shape index (κ3) is 2.05. The summed E-state index contributed by atoms with van der Waals surface area (Å²) in [5, 5.41) is 19.3. The molecule has 0 amide bonds. The van der Waals surface area contributed by atoms with Crippen molar-refractivity contribution in [1.29, 1.82) is 0 Å². The predicted molar refractivity (Wildman–Crippen MR) is 48.2 cm³/mol. The number of thiophene rings is 1. The summed E-state index contributed by atoms with van der Waals surface area (Å²) in [6.07, 6.45) is 0. The first-order valence-electron chi connectivity index (χ1n) is 3.55. The Bertz CT molecular complexity index is 210. The van der Waals surface area contributed by atoms with Crippen LogP contribution in [-0.4, -0.2) is 17.2 Å². The standard InChI is InChI=1S/C7H11BO2S/c1-5(2)7-3-6(4-11-7)8(9)10/h3-5,9-10H,1-2H3. The van der Waals surface area contributed by atoms with Gasteiger partial charge in [-0.1, -0.05) is 13.8 Å². The van der Waals surface area contributed by atoms with E-state index in [9.17, 15) is 0 Å². The summed E-state index contributed by atoms with van der Waals surface area (Å²) in [6.45, 7) is 4.17. The molecule has 0 aliphatic carbocycles. The summed E-state index contributed by atoms with van der Waals surface area (Å²) in [7, 11) is -1.32. The van der Waals surface area contributed by atoms with Crippen LogP contribution in [0.2, 0.25) is 0 Å². The topological polar surface area (TPSA) is 40.5 Å². The van der Waals surface area contributed by atoms with E-state index in [1.807, 2.05) is 6.07 Å². The monoisotopic (exact) mass is 170 g/mol. The maximum absolute atomic E-state index is 8.78. The van der Waals surface area contributed by atoms with Gasteiger partial charge in [-0.05, 0) is 22.8 Å². The highest BCUT2D eigenvalue weighted by atomic mass is 32.1. The summed E-state index contributed by atoms with van der Waals surface area (Å²) in [6, 6.07) is 1.83. The van der Waals surface area contributed by atoms with E-state index in [2.05, 4.69) is 13.8 Å². The highest BCUT2D eigenvalue weighted by Gasteiger charge is 2.13. The fourth-order valence-electron chi connectivity index (χ4n) is 0.807. The van der Waals surface area contributed by atoms with Crippen molar-refractivity contribution in [3.63, 3.8) is 0 Å². The molecular weight excluding hydrogens is 159 g/mol. The summed E-state index contributed by atoms with van der Waals surface area (Å²) in [5.74, 6) is 0.465. The molecule has 2 nitrogen and oxygen atoms in total. The summed E-state index contributed by atoms with van der Waals surface area (Å²) in [5.41, 5.74) is 0.596. The van der Waals surface area contributed by atoms with E-state index in [4.69, 9.17) is 10.0 Å². The van der Waals surface area contributed by atoms with Crippen LogP contribution >= 0.6 is 11.3 Å². The molecule has 0 atom stereocenters. The van der Waals surface area contributed by atoms with Gasteiger partial charge in [-0.2, -0.15) is 0 Å². The molecule has 0 bridgehead atoms. The number of hydrogen-bond acceptors (Lipinski definition) is 3. The highest BCUT2D eigenvalue weighted by molar-refractivity contribution is 7.11. The van der Waals surface area contributed by atoms with E-state index in [0.717, 1.165) is 0 Å². The third-order valence-corrected chi connectivity index (χ3v) is 2.76. The first kappa shape index (κ1) is 8.78. The smallest absolute Gasteiger partial charge is 0.423 e. The molecule has 2 N–H and O–H groups in total. The zero-order valence-electron chi connectivity index (χ0n) is 6.61. The highest BCUT2D eigenvalue weighted by Crippen LogP contribution is 2.18. The molecule has 11 heavy (non-hydrogen) atoms. The molecule has 0 aromatic carbocycles. The summed E-state index contributed by atoms with van der Waals surface area (Å²) < 4.78 is 0. The quantitative estimate of drug-likeness (QED) is 0.636. The van der Waals surface area contributed by atoms with Crippen molar-refractivity contribution >= 4 is 23.9 Å². The lowest BCUT2D eigenvalue weighted by Crippen LogP contribution is -2.27. The Morgan fingerprint density at radius 1 is 1.45 bits per heavy atom. The molecule has 0 aliphatic heterocycles. The Labute approximate surface area is 70.6 Å². The van der Waals surface area contributed by atoms with Crippen LogP contribution < -0.4 is 5.46 Å². The minimum Gasteiger partial charge on any atom is -0.423 e. The molecule has 0 saturated heterocycles. The van der Waals surface area contributed by atoms with Crippen molar-refractivity contribution in [2.24, 2.45) is 0 Å². The SMILES string of the molecule is CC(C)c1cc(B(O)O)cs1. The number of rotatable bonds is 2. The van der Waals surface area contributed by atoms with Gasteiger partial charge in [-0.3, -0.25) is 0 Å². The summed E-state index contributed by atoms with van der Waals surface area (Å²) >= 11 is 1.57. The van der Waals surface area contributed by atoms with Gasteiger partial charge in [-0.25, -0.2) is 0 Å². The Balaban J connectivity index is 2.82. The molecule has 0 aliphatic rings. The molecule has 1 heterocycles. The van der Waals surface area contributed by atoms with E-state index < -0.39 is 7.12 Å². The predicted octanol–water partition coefficient (Wildman–Crippen LogP) is 0.551. The zero-order valence-corrected chi connectivity index (χ0v) is 7.43. The average molecular weight is 170 g/mol. The summed E-state index contributed by atoms with van der Waals surface area (Å²) in [4.78, 5) is 1.19. The third-order valence-electron chi connectivity index (χ3n) is 1.51. The first-order chi connectivity index (χ1) is 5.11. The molecule has 0 unspecified atom stereocenters. The maximum atomic E-state index is 8.78. The van der Waals surface area contributed by atoms with Crippen molar-refractivity contribution in [3.05, 3.63) is 16.3 Å². The van der Waals surface area contributed by atoms with Gasteiger partial charge in [0.2, 0.25) is 0 Å². The van der Waals surface area contributed by atoms with Gasteiger partial charge in [-0.15, -0.1) is 11.3 Å². The van der Waals surface area contributed by atoms with Crippen molar-refractivity contribution in [3.8, 4) is 0 Å². The molecular formula is C7H11BO2S. The molecule has 60 valence electrons. The number of hydrogen-bond donors (Lipinski definition) is 2. The van der Waals surface area contributed by atoms with Gasteiger partial charge in [0.15, 0.2) is 0 Å². The first-order valence-corrected chi connectivity index (χ1v) is 4.43. The van der Waals surface area contributed by atoms with Crippen LogP contribution in [0.25, 0.3) is 0 Å². The van der Waals surface area contributed by atoms with Crippen molar-refractivity contribution < 1.29 is 10.0 Å². The van der Waals surface area contributed by atoms with Gasteiger partial charge in [0.05, 0.1) is 0 Å². The molecule has 0 radical (unpaired) electrons. The second-order valence-corrected chi connectivity index (χ2v) is 3.75. The molecule has 0 spiro atoms. The van der Waals surface area contributed by atoms with Gasteiger partial charge in [0, 0.05) is 4.88 Å². The van der Waals surface area contributed by atoms with Crippen LogP contribution in [0, 0.1) is 0 Å². The van der Waals surface area contributed by atoms with Gasteiger partial charge >= 0.3 is 7.12 Å². The van der Waals surface area contributed by atoms with Gasteiger partial charge < -0.3 is 10.0 Å². The van der Waals surface area contributed by atoms with Crippen LogP contribution in [0.5, 0.6) is 0 Å². The van der Waals surface area contributed by atoms with Gasteiger partial charge in [0.25, 0.3) is 0 Å². The van der Waals surface area contributed by atoms with Crippen LogP contribution in [-0.2, 0) is 0 Å². The van der Waals surface area contributed by atoms with Crippen LogP contribution in [0.15, 0.2) is 11.4 Å². The Morgan fingerprint density at radius 2 is 2.09 bits per heavy atom. The molecule has 1 aromatic heterocycles. The zero-order chi connectivity index (χ0) is 8.43. The maximum Gasteiger partial charge on any atom is 0.489 e. The Morgan fingerprint density at radius 3 is 2.36 bits per heavy atom. The Hall–Kier alpha value is -0.315. The minimum atomic E-state index is -1.32. The fourth-order valence-corrected chi connectivity index (χ4v) is 1.74. The fraction of sp³-hybridized carbons (Fsp3) is 0.429. The average Bonchev–Trinajstić information content (AvgIpc) is 2.33. The van der Waals surface area contributed by atoms with Crippen LogP contribution in [0.1, 0.15) is 24.6 Å². The minimum absolute atomic E-state index is 0.465. The van der Waals surface area contributed by atoms with Crippen molar-refractivity contribution in [2.45, 2.75) is 19.8 Å².